The van der Waals surface area contributed by atoms with E-state index in [4.69, 9.17) is 0 Å². The molecular weight excluding hydrogens is 376 g/mol. The van der Waals surface area contributed by atoms with E-state index in [1.54, 1.807) is 0 Å². The third kappa shape index (κ3) is 4.65. The Balaban J connectivity index is 1.34. The summed E-state index contributed by atoms with van der Waals surface area (Å²) >= 11 is 0. The minimum absolute atomic E-state index is 0.00990. The highest BCUT2D eigenvalue weighted by Gasteiger charge is 2.26. The van der Waals surface area contributed by atoms with Crippen molar-refractivity contribution in [2.75, 3.05) is 48.3 Å². The van der Waals surface area contributed by atoms with Crippen LogP contribution in [0.3, 0.4) is 0 Å². The molecule has 4 rings (SSSR count). The van der Waals surface area contributed by atoms with E-state index in [0.717, 1.165) is 55.3 Å². The summed E-state index contributed by atoms with van der Waals surface area (Å²) in [5, 5.41) is 6.04. The number of carbonyl (C=O) groups is 2. The summed E-state index contributed by atoms with van der Waals surface area (Å²) in [7, 11) is 0. The molecule has 2 heterocycles. The smallest absolute Gasteiger partial charge is 0.227 e. The fraction of sp³-hybridized carbons (Fsp3) is 0.417. The van der Waals surface area contributed by atoms with Gasteiger partial charge in [-0.25, -0.2) is 0 Å². The van der Waals surface area contributed by atoms with Crippen LogP contribution in [0.5, 0.6) is 0 Å². The number of piperazine rings is 1. The molecule has 1 fully saturated rings. The number of amides is 2. The number of anilines is 3. The van der Waals surface area contributed by atoms with E-state index in [0.29, 0.717) is 19.3 Å². The van der Waals surface area contributed by atoms with Gasteiger partial charge in [0, 0.05) is 44.2 Å². The van der Waals surface area contributed by atoms with E-state index in [1.165, 1.54) is 0 Å². The third-order valence-corrected chi connectivity index (χ3v) is 6.17. The maximum Gasteiger partial charge on any atom is 0.227 e. The highest BCUT2D eigenvalue weighted by Crippen LogP contribution is 2.29. The van der Waals surface area contributed by atoms with Gasteiger partial charge in [-0.2, -0.15) is 0 Å². The number of fused-ring (bicyclic) bond motifs is 1. The summed E-state index contributed by atoms with van der Waals surface area (Å²) in [4.78, 5) is 29.8. The van der Waals surface area contributed by atoms with Crippen molar-refractivity contribution < 1.29 is 9.59 Å². The van der Waals surface area contributed by atoms with Gasteiger partial charge in [0.2, 0.25) is 11.8 Å². The van der Waals surface area contributed by atoms with E-state index >= 15 is 0 Å². The Kier molecular flexibility index (Phi) is 6.33. The van der Waals surface area contributed by atoms with Gasteiger partial charge in [-0.3, -0.25) is 9.59 Å². The number of nitrogens with one attached hydrogen (secondary N) is 2. The zero-order valence-electron chi connectivity index (χ0n) is 17.6. The monoisotopic (exact) mass is 406 g/mol. The summed E-state index contributed by atoms with van der Waals surface area (Å²) in [6.07, 6.45) is 1.56. The lowest BCUT2D eigenvalue weighted by Crippen LogP contribution is -2.46. The van der Waals surface area contributed by atoms with Crippen LogP contribution in [0.4, 0.5) is 17.1 Å². The highest BCUT2D eigenvalue weighted by atomic mass is 16.2. The Bertz CT molecular complexity index is 906. The van der Waals surface area contributed by atoms with Gasteiger partial charge in [0.25, 0.3) is 0 Å². The number of likely N-dealkylation sites (N-methyl/N-ethyl adjacent to an activating group) is 1. The topological polar surface area (TPSA) is 64.7 Å². The van der Waals surface area contributed by atoms with Crippen LogP contribution >= 0.6 is 0 Å². The largest absolute Gasteiger partial charge is 0.367 e. The average molecular weight is 407 g/mol. The van der Waals surface area contributed by atoms with Crippen molar-refractivity contribution in [1.29, 1.82) is 0 Å². The van der Waals surface area contributed by atoms with Crippen molar-refractivity contribution in [2.45, 2.75) is 26.2 Å². The normalized spacial score (nSPS) is 19.2. The van der Waals surface area contributed by atoms with E-state index in [9.17, 15) is 9.59 Å². The SMILES string of the molecule is CCN1CCN(c2ccccc2NC(=O)CCC2Cc3ccccc3NC2=O)CC1. The number of para-hydroxylation sites is 3. The Morgan fingerprint density at radius 2 is 1.80 bits per heavy atom. The molecule has 6 nitrogen and oxygen atoms in total. The molecule has 1 saturated heterocycles. The fourth-order valence-corrected chi connectivity index (χ4v) is 4.32. The molecule has 2 amide bonds. The molecule has 2 aromatic carbocycles. The number of rotatable bonds is 6. The summed E-state index contributed by atoms with van der Waals surface area (Å²) in [6.45, 7) is 7.26. The second-order valence-electron chi connectivity index (χ2n) is 8.07. The van der Waals surface area contributed by atoms with Gasteiger partial charge in [-0.05, 0) is 43.1 Å². The van der Waals surface area contributed by atoms with Gasteiger partial charge in [0.05, 0.1) is 11.4 Å². The van der Waals surface area contributed by atoms with Crippen LogP contribution < -0.4 is 15.5 Å². The molecule has 1 atom stereocenters. The van der Waals surface area contributed by atoms with Crippen molar-refractivity contribution in [2.24, 2.45) is 5.92 Å². The second-order valence-corrected chi connectivity index (χ2v) is 8.07. The van der Waals surface area contributed by atoms with Crippen LogP contribution in [0.15, 0.2) is 48.5 Å². The predicted molar refractivity (Wildman–Crippen MR) is 121 cm³/mol. The Labute approximate surface area is 178 Å². The summed E-state index contributed by atoms with van der Waals surface area (Å²) < 4.78 is 0. The lowest BCUT2D eigenvalue weighted by molar-refractivity contribution is -0.121. The fourth-order valence-electron chi connectivity index (χ4n) is 4.32. The standard InChI is InChI=1S/C24H30N4O2/c1-2-27-13-15-28(16-14-27)22-10-6-5-9-21(22)25-23(29)12-11-19-17-18-7-3-4-8-20(18)26-24(19)30/h3-10,19H,2,11-17H2,1H3,(H,25,29)(H,26,30). The maximum atomic E-state index is 12.7. The third-order valence-electron chi connectivity index (χ3n) is 6.17. The van der Waals surface area contributed by atoms with Crippen LogP contribution in [0.25, 0.3) is 0 Å². The summed E-state index contributed by atoms with van der Waals surface area (Å²) in [5.41, 5.74) is 3.95. The zero-order valence-corrected chi connectivity index (χ0v) is 17.6. The van der Waals surface area contributed by atoms with Crippen LogP contribution in [0, 0.1) is 5.92 Å². The molecule has 30 heavy (non-hydrogen) atoms. The second kappa shape index (κ2) is 9.30. The van der Waals surface area contributed by atoms with Gasteiger partial charge in [0.15, 0.2) is 0 Å². The van der Waals surface area contributed by atoms with Crippen molar-refractivity contribution in [3.05, 3.63) is 54.1 Å². The number of hydrogen-bond donors (Lipinski definition) is 2. The molecule has 6 heteroatoms. The number of hydrogen-bond acceptors (Lipinski definition) is 4. The van der Waals surface area contributed by atoms with Gasteiger partial charge in [0.1, 0.15) is 0 Å². The molecule has 0 spiro atoms. The molecule has 0 radical (unpaired) electrons. The molecule has 2 aromatic rings. The van der Waals surface area contributed by atoms with E-state index < -0.39 is 0 Å². The lowest BCUT2D eigenvalue weighted by Gasteiger charge is -2.36. The van der Waals surface area contributed by atoms with E-state index in [1.807, 2.05) is 42.5 Å². The lowest BCUT2D eigenvalue weighted by atomic mass is 9.89. The first kappa shape index (κ1) is 20.4. The van der Waals surface area contributed by atoms with Crippen molar-refractivity contribution >= 4 is 28.9 Å². The number of benzene rings is 2. The number of carbonyl (C=O) groups excluding carboxylic acids is 2. The molecule has 0 bridgehead atoms. The molecule has 2 aliphatic rings. The van der Waals surface area contributed by atoms with Crippen molar-refractivity contribution in [3.63, 3.8) is 0 Å². The van der Waals surface area contributed by atoms with Crippen LogP contribution in [-0.4, -0.2) is 49.4 Å². The molecule has 0 aromatic heterocycles. The van der Waals surface area contributed by atoms with Crippen molar-refractivity contribution in [3.8, 4) is 0 Å². The van der Waals surface area contributed by atoms with Crippen LogP contribution in [-0.2, 0) is 16.0 Å². The minimum atomic E-state index is -0.164. The molecule has 0 aliphatic carbocycles. The van der Waals surface area contributed by atoms with Crippen molar-refractivity contribution in [1.82, 2.24) is 4.90 Å². The first-order valence-corrected chi connectivity index (χ1v) is 10.9. The molecule has 2 N–H and O–H groups in total. The van der Waals surface area contributed by atoms with Crippen LogP contribution in [0.1, 0.15) is 25.3 Å². The zero-order chi connectivity index (χ0) is 20.9. The average Bonchev–Trinajstić information content (AvgIpc) is 2.78. The Morgan fingerprint density at radius 1 is 1.07 bits per heavy atom. The van der Waals surface area contributed by atoms with Gasteiger partial charge in [-0.15, -0.1) is 0 Å². The highest BCUT2D eigenvalue weighted by molar-refractivity contribution is 5.97. The maximum absolute atomic E-state index is 12.7. The van der Waals surface area contributed by atoms with Gasteiger partial charge >= 0.3 is 0 Å². The van der Waals surface area contributed by atoms with Gasteiger partial charge in [-0.1, -0.05) is 37.3 Å². The van der Waals surface area contributed by atoms with E-state index in [2.05, 4.69) is 33.4 Å². The first-order chi connectivity index (χ1) is 14.6. The Morgan fingerprint density at radius 3 is 2.60 bits per heavy atom. The molecular formula is C24H30N4O2. The predicted octanol–water partition coefficient (Wildman–Crippen LogP) is 3.36. The quantitative estimate of drug-likeness (QED) is 0.772. The molecule has 1 unspecified atom stereocenters. The number of nitrogens with zero attached hydrogens (tertiary/aromatic N) is 2. The molecule has 0 saturated carbocycles. The summed E-state index contributed by atoms with van der Waals surface area (Å²) in [6, 6.07) is 15.9. The van der Waals surface area contributed by atoms with Crippen LogP contribution in [0.2, 0.25) is 0 Å². The van der Waals surface area contributed by atoms with Gasteiger partial charge < -0.3 is 20.4 Å². The van der Waals surface area contributed by atoms with E-state index in [-0.39, 0.29) is 17.7 Å². The Hall–Kier alpha value is -2.86. The molecule has 2 aliphatic heterocycles. The summed E-state index contributed by atoms with van der Waals surface area (Å²) in [5.74, 6) is -0.194. The minimum Gasteiger partial charge on any atom is -0.367 e. The molecule has 158 valence electrons. The first-order valence-electron chi connectivity index (χ1n) is 10.9.